The Morgan fingerprint density at radius 1 is 1.35 bits per heavy atom. The first-order chi connectivity index (χ1) is 7.88. The molecule has 0 heterocycles. The molecular weight excluding hydrogens is 283 g/mol. The minimum absolute atomic E-state index is 0.0867. The van der Waals surface area contributed by atoms with Crippen molar-refractivity contribution in [3.05, 3.63) is 27.7 Å². The van der Waals surface area contributed by atoms with Crippen molar-refractivity contribution < 1.29 is 8.42 Å². The van der Waals surface area contributed by atoms with Gasteiger partial charge in [0.2, 0.25) is 10.0 Å². The molecule has 0 saturated carbocycles. The second-order valence-electron chi connectivity index (χ2n) is 3.56. The van der Waals surface area contributed by atoms with E-state index in [1.807, 2.05) is 6.92 Å². The van der Waals surface area contributed by atoms with Crippen LogP contribution < -0.4 is 10.5 Å². The highest BCUT2D eigenvalue weighted by Gasteiger charge is 2.17. The van der Waals surface area contributed by atoms with E-state index in [9.17, 15) is 8.42 Å². The van der Waals surface area contributed by atoms with Crippen molar-refractivity contribution in [2.24, 2.45) is 5.14 Å². The summed E-state index contributed by atoms with van der Waals surface area (Å²) in [6.07, 6.45) is 0.962. The van der Waals surface area contributed by atoms with Crippen LogP contribution in [-0.2, 0) is 16.6 Å². The maximum absolute atomic E-state index is 11.3. The fourth-order valence-electron chi connectivity index (χ4n) is 1.35. The minimum atomic E-state index is -3.82. The lowest BCUT2D eigenvalue weighted by Gasteiger charge is -2.11. The Balaban J connectivity index is 3.12. The van der Waals surface area contributed by atoms with Gasteiger partial charge in [-0.1, -0.05) is 30.1 Å². The Labute approximate surface area is 111 Å². The molecule has 0 aromatic heterocycles. The van der Waals surface area contributed by atoms with Crippen molar-refractivity contribution in [3.63, 3.8) is 0 Å². The van der Waals surface area contributed by atoms with Gasteiger partial charge in [0, 0.05) is 17.1 Å². The summed E-state index contributed by atoms with van der Waals surface area (Å²) in [5.74, 6) is 0. The number of sulfonamides is 1. The summed E-state index contributed by atoms with van der Waals surface area (Å²) in [6, 6.07) is 2.79. The number of hydrogen-bond acceptors (Lipinski definition) is 3. The number of rotatable bonds is 5. The average Bonchev–Trinajstić information content (AvgIpc) is 2.21. The molecule has 0 atom stereocenters. The predicted octanol–water partition coefficient (Wildman–Crippen LogP) is 2.14. The molecule has 1 rings (SSSR count). The summed E-state index contributed by atoms with van der Waals surface area (Å²) in [4.78, 5) is -0.100. The van der Waals surface area contributed by atoms with Crippen molar-refractivity contribution in [1.29, 1.82) is 0 Å². The van der Waals surface area contributed by atoms with Gasteiger partial charge in [-0.25, -0.2) is 13.6 Å². The Bertz CT molecular complexity index is 503. The Morgan fingerprint density at radius 3 is 2.53 bits per heavy atom. The molecule has 0 amide bonds. The van der Waals surface area contributed by atoms with Gasteiger partial charge in [0.1, 0.15) is 4.90 Å². The highest BCUT2D eigenvalue weighted by Crippen LogP contribution is 2.30. The Hall–Kier alpha value is -0.330. The quantitative estimate of drug-likeness (QED) is 0.818. The smallest absolute Gasteiger partial charge is 0.239 e. The molecule has 1 aromatic rings. The molecule has 1 aromatic carbocycles. The fraction of sp³-hybridized carbons (Fsp3) is 0.400. The molecule has 0 unspecified atom stereocenters. The van der Waals surface area contributed by atoms with Crippen LogP contribution in [0.4, 0.5) is 0 Å². The third-order valence-corrected chi connectivity index (χ3v) is 4.04. The molecule has 0 aliphatic heterocycles. The van der Waals surface area contributed by atoms with Crippen molar-refractivity contribution >= 4 is 33.2 Å². The second-order valence-corrected chi connectivity index (χ2v) is 5.87. The fourth-order valence-corrected chi connectivity index (χ4v) is 2.81. The van der Waals surface area contributed by atoms with Gasteiger partial charge < -0.3 is 5.32 Å². The van der Waals surface area contributed by atoms with Crippen molar-refractivity contribution in [3.8, 4) is 0 Å². The van der Waals surface area contributed by atoms with Gasteiger partial charge in [0.25, 0.3) is 0 Å². The zero-order valence-electron chi connectivity index (χ0n) is 9.33. The Morgan fingerprint density at radius 2 is 2.00 bits per heavy atom. The van der Waals surface area contributed by atoms with Crippen LogP contribution in [-0.4, -0.2) is 15.0 Å². The molecule has 0 radical (unpaired) electrons. The number of nitrogens with one attached hydrogen (secondary N) is 1. The van der Waals surface area contributed by atoms with Gasteiger partial charge >= 0.3 is 0 Å². The molecule has 7 heteroatoms. The third kappa shape index (κ3) is 3.82. The lowest BCUT2D eigenvalue weighted by Crippen LogP contribution is -2.17. The van der Waals surface area contributed by atoms with Gasteiger partial charge in [0.05, 0.1) is 5.02 Å². The van der Waals surface area contributed by atoms with Gasteiger partial charge in [-0.05, 0) is 25.1 Å². The number of halogens is 2. The van der Waals surface area contributed by atoms with E-state index < -0.39 is 10.0 Å². The van der Waals surface area contributed by atoms with E-state index in [0.29, 0.717) is 17.1 Å². The maximum Gasteiger partial charge on any atom is 0.239 e. The summed E-state index contributed by atoms with van der Waals surface area (Å²) < 4.78 is 22.6. The van der Waals surface area contributed by atoms with E-state index in [-0.39, 0.29) is 9.92 Å². The van der Waals surface area contributed by atoms with E-state index in [4.69, 9.17) is 28.3 Å². The summed E-state index contributed by atoms with van der Waals surface area (Å²) >= 11 is 12.0. The minimum Gasteiger partial charge on any atom is -0.313 e. The summed E-state index contributed by atoms with van der Waals surface area (Å²) in [5, 5.41) is 8.67. The molecule has 0 aliphatic carbocycles. The molecule has 96 valence electrons. The highest BCUT2D eigenvalue weighted by molar-refractivity contribution is 7.89. The summed E-state index contributed by atoms with van der Waals surface area (Å²) in [6.45, 7) is 3.23. The van der Waals surface area contributed by atoms with Crippen LogP contribution in [0.15, 0.2) is 17.0 Å². The molecule has 0 aliphatic rings. The van der Waals surface area contributed by atoms with Crippen molar-refractivity contribution in [1.82, 2.24) is 5.32 Å². The third-order valence-electron chi connectivity index (χ3n) is 2.19. The summed E-state index contributed by atoms with van der Waals surface area (Å²) in [7, 11) is -3.82. The molecule has 0 saturated heterocycles. The molecule has 0 bridgehead atoms. The van der Waals surface area contributed by atoms with Crippen molar-refractivity contribution in [2.45, 2.75) is 24.8 Å². The molecule has 0 spiro atoms. The zero-order valence-corrected chi connectivity index (χ0v) is 11.7. The van der Waals surface area contributed by atoms with Crippen LogP contribution in [0.5, 0.6) is 0 Å². The molecule has 4 nitrogen and oxygen atoms in total. The predicted molar refractivity (Wildman–Crippen MR) is 69.8 cm³/mol. The average molecular weight is 297 g/mol. The van der Waals surface area contributed by atoms with E-state index in [1.54, 1.807) is 0 Å². The van der Waals surface area contributed by atoms with E-state index in [2.05, 4.69) is 5.32 Å². The van der Waals surface area contributed by atoms with E-state index in [0.717, 1.165) is 13.0 Å². The normalized spacial score (nSPS) is 11.8. The molecule has 0 fully saturated rings. The SMILES string of the molecule is CCCNCc1c(Cl)ccc(S(N)(=O)=O)c1Cl. The Kier molecular flexibility index (Phi) is 5.22. The lowest BCUT2D eigenvalue weighted by atomic mass is 10.2. The molecular formula is C10H14Cl2N2O2S. The largest absolute Gasteiger partial charge is 0.313 e. The molecule has 17 heavy (non-hydrogen) atoms. The van der Waals surface area contributed by atoms with Crippen molar-refractivity contribution in [2.75, 3.05) is 6.54 Å². The van der Waals surface area contributed by atoms with E-state index >= 15 is 0 Å². The van der Waals surface area contributed by atoms with Gasteiger partial charge in [-0.2, -0.15) is 0 Å². The van der Waals surface area contributed by atoms with Crippen LogP contribution in [0, 0.1) is 0 Å². The van der Waals surface area contributed by atoms with Gasteiger partial charge in [0.15, 0.2) is 0 Å². The van der Waals surface area contributed by atoms with Crippen LogP contribution in [0.2, 0.25) is 10.0 Å². The number of benzene rings is 1. The number of nitrogens with two attached hydrogens (primary N) is 1. The van der Waals surface area contributed by atoms with Crippen LogP contribution in [0.1, 0.15) is 18.9 Å². The maximum atomic E-state index is 11.3. The van der Waals surface area contributed by atoms with Gasteiger partial charge in [-0.15, -0.1) is 0 Å². The number of primary sulfonamides is 1. The standard InChI is InChI=1S/C10H14Cl2N2O2S/c1-2-5-14-6-7-8(11)3-4-9(10(7)12)17(13,15)16/h3-4,14H,2,5-6H2,1H3,(H2,13,15,16). The zero-order chi connectivity index (χ0) is 13.1. The summed E-state index contributed by atoms with van der Waals surface area (Å²) in [5.41, 5.74) is 0.549. The highest BCUT2D eigenvalue weighted by atomic mass is 35.5. The lowest BCUT2D eigenvalue weighted by molar-refractivity contribution is 0.597. The first kappa shape index (κ1) is 14.7. The second kappa shape index (κ2) is 6.02. The molecule has 3 N–H and O–H groups in total. The topological polar surface area (TPSA) is 72.2 Å². The first-order valence-corrected chi connectivity index (χ1v) is 7.38. The number of hydrogen-bond donors (Lipinski definition) is 2. The van der Waals surface area contributed by atoms with Gasteiger partial charge in [-0.3, -0.25) is 0 Å². The van der Waals surface area contributed by atoms with Crippen LogP contribution >= 0.6 is 23.2 Å². The van der Waals surface area contributed by atoms with Crippen LogP contribution in [0.25, 0.3) is 0 Å². The van der Waals surface area contributed by atoms with E-state index in [1.165, 1.54) is 12.1 Å². The first-order valence-electron chi connectivity index (χ1n) is 5.08. The monoisotopic (exact) mass is 296 g/mol. The van der Waals surface area contributed by atoms with Crippen LogP contribution in [0.3, 0.4) is 0 Å².